The lowest BCUT2D eigenvalue weighted by molar-refractivity contribution is 0.265. The Bertz CT molecular complexity index is 1860. The fourth-order valence-electron chi connectivity index (χ4n) is 6.11. The maximum absolute atomic E-state index is 13.6. The number of benzene rings is 2. The molecule has 2 bridgehead atoms. The van der Waals surface area contributed by atoms with Gasteiger partial charge in [0.2, 0.25) is 10.6 Å². The van der Waals surface area contributed by atoms with E-state index >= 15 is 0 Å². The lowest BCUT2D eigenvalue weighted by atomic mass is 9.82. The van der Waals surface area contributed by atoms with Crippen LogP contribution in [0, 0.1) is 29.4 Å². The highest BCUT2D eigenvalue weighted by Crippen LogP contribution is 2.44. The lowest BCUT2D eigenvalue weighted by Gasteiger charge is -2.38. The van der Waals surface area contributed by atoms with Gasteiger partial charge < -0.3 is 19.1 Å². The summed E-state index contributed by atoms with van der Waals surface area (Å²) < 4.78 is 46.3. The number of piperidine rings is 1. The predicted molar refractivity (Wildman–Crippen MR) is 177 cm³/mol. The maximum Gasteiger partial charge on any atom is 0.321 e. The summed E-state index contributed by atoms with van der Waals surface area (Å²) in [4.78, 5) is 10.9. The van der Waals surface area contributed by atoms with Gasteiger partial charge in [-0.05, 0) is 70.8 Å². The number of anilines is 1. The number of hydrogen-bond acceptors (Lipinski definition) is 10. The molecule has 3 atom stereocenters. The second-order valence-corrected chi connectivity index (χ2v) is 13.0. The van der Waals surface area contributed by atoms with Gasteiger partial charge in [0.1, 0.15) is 23.1 Å². The fourth-order valence-corrected chi connectivity index (χ4v) is 6.92. The molecule has 1 unspecified atom stereocenters. The van der Waals surface area contributed by atoms with Crippen LogP contribution in [-0.4, -0.2) is 59.9 Å². The van der Waals surface area contributed by atoms with E-state index in [0.717, 1.165) is 31.0 Å². The van der Waals surface area contributed by atoms with Crippen molar-refractivity contribution >= 4 is 44.8 Å². The molecule has 2 fully saturated rings. The minimum absolute atomic E-state index is 0.244. The minimum Gasteiger partial charge on any atom is -0.480 e. The van der Waals surface area contributed by atoms with Crippen LogP contribution in [0.3, 0.4) is 0 Å². The van der Waals surface area contributed by atoms with Gasteiger partial charge in [-0.3, -0.25) is 0 Å². The van der Waals surface area contributed by atoms with E-state index in [-0.39, 0.29) is 21.8 Å². The SMILES string of the molecule is COc1cc(N2C[C@H]3CC[C@@H](C2)C3Cc2nc(Oc3cc(F)cc(Cl)c3)n(C)n2)cnn1.Cn1nc(Br)nc1Oc1cc(F)cc(Cl)c1. The van der Waals surface area contributed by atoms with E-state index in [1.165, 1.54) is 47.9 Å². The topological polar surface area (TPSA) is 118 Å². The first kappa shape index (κ1) is 33.8. The van der Waals surface area contributed by atoms with Crippen LogP contribution < -0.4 is 19.1 Å². The molecule has 2 aromatic carbocycles. The second-order valence-electron chi connectivity index (χ2n) is 11.5. The van der Waals surface area contributed by atoms with Gasteiger partial charge in [0.25, 0.3) is 0 Å². The Morgan fingerprint density at radius 2 is 1.42 bits per heavy atom. The van der Waals surface area contributed by atoms with Crippen LogP contribution in [0.2, 0.25) is 10.0 Å². The molecule has 12 nitrogen and oxygen atoms in total. The van der Waals surface area contributed by atoms with E-state index in [1.54, 1.807) is 38.2 Å². The van der Waals surface area contributed by atoms with Gasteiger partial charge in [0.05, 0.1) is 19.0 Å². The molecule has 2 aliphatic rings. The summed E-state index contributed by atoms with van der Waals surface area (Å²) >= 11 is 14.7. The second kappa shape index (κ2) is 14.6. The van der Waals surface area contributed by atoms with Crippen LogP contribution in [-0.2, 0) is 20.5 Å². The van der Waals surface area contributed by atoms with Crippen LogP contribution in [0.4, 0.5) is 14.5 Å². The first-order chi connectivity index (χ1) is 23.0. The first-order valence-corrected chi connectivity index (χ1v) is 16.4. The Morgan fingerprint density at radius 1 is 0.833 bits per heavy atom. The summed E-state index contributed by atoms with van der Waals surface area (Å²) in [7, 11) is 5.03. The third-order valence-corrected chi connectivity index (χ3v) is 8.97. The Balaban J connectivity index is 0.000000211. The molecule has 48 heavy (non-hydrogen) atoms. The summed E-state index contributed by atoms with van der Waals surface area (Å²) in [6.45, 7) is 1.93. The zero-order valence-corrected chi connectivity index (χ0v) is 29.1. The number of methoxy groups -OCH3 is 1. The van der Waals surface area contributed by atoms with Crippen molar-refractivity contribution in [2.45, 2.75) is 19.3 Å². The van der Waals surface area contributed by atoms with Crippen molar-refractivity contribution in [1.82, 2.24) is 39.7 Å². The molecule has 0 radical (unpaired) electrons. The van der Waals surface area contributed by atoms with Crippen LogP contribution in [0.25, 0.3) is 0 Å². The van der Waals surface area contributed by atoms with E-state index in [0.29, 0.717) is 40.1 Å². The van der Waals surface area contributed by atoms with Crippen LogP contribution >= 0.6 is 39.1 Å². The molecule has 1 aliphatic carbocycles. The third kappa shape index (κ3) is 8.13. The number of aryl methyl sites for hydroxylation is 2. The number of rotatable bonds is 8. The molecule has 0 amide bonds. The number of fused-ring (bicyclic) bond motifs is 2. The molecule has 4 heterocycles. The summed E-state index contributed by atoms with van der Waals surface area (Å²) in [6, 6.07) is 10.5. The van der Waals surface area contributed by atoms with Gasteiger partial charge in [0, 0.05) is 61.9 Å². The zero-order valence-electron chi connectivity index (χ0n) is 26.0. The Hall–Kier alpha value is -4.08. The third-order valence-electron chi connectivity index (χ3n) is 8.19. The molecule has 17 heteroatoms. The number of nitrogens with zero attached hydrogens (tertiary/aromatic N) is 9. The zero-order chi connectivity index (χ0) is 33.9. The molecular formula is C31H30BrCl2F2N9O3. The van der Waals surface area contributed by atoms with E-state index in [1.807, 2.05) is 6.07 Å². The van der Waals surface area contributed by atoms with Crippen molar-refractivity contribution in [3.63, 3.8) is 0 Å². The Morgan fingerprint density at radius 3 is 1.96 bits per heavy atom. The Labute approximate surface area is 293 Å². The summed E-state index contributed by atoms with van der Waals surface area (Å²) in [5.74, 6) is 2.55. The first-order valence-electron chi connectivity index (χ1n) is 14.9. The van der Waals surface area contributed by atoms with Gasteiger partial charge in [-0.25, -0.2) is 18.1 Å². The van der Waals surface area contributed by atoms with Crippen molar-refractivity contribution in [2.75, 3.05) is 25.1 Å². The molecule has 5 aromatic rings. The molecule has 0 spiro atoms. The number of aromatic nitrogens is 8. The van der Waals surface area contributed by atoms with E-state index in [9.17, 15) is 8.78 Å². The molecule has 0 N–H and O–H groups in total. The van der Waals surface area contributed by atoms with E-state index in [4.69, 9.17) is 37.4 Å². The van der Waals surface area contributed by atoms with Gasteiger partial charge >= 0.3 is 12.0 Å². The highest BCUT2D eigenvalue weighted by Gasteiger charge is 2.42. The highest BCUT2D eigenvalue weighted by atomic mass is 79.9. The average Bonchev–Trinajstić information content (AvgIpc) is 3.60. The largest absolute Gasteiger partial charge is 0.480 e. The normalized spacial score (nSPS) is 18.3. The fraction of sp³-hybridized carbons (Fsp3) is 0.355. The molecule has 1 saturated carbocycles. The molecular weight excluding hydrogens is 735 g/mol. The summed E-state index contributed by atoms with van der Waals surface area (Å²) in [5, 5.41) is 17.0. The molecule has 1 aliphatic heterocycles. The van der Waals surface area contributed by atoms with Gasteiger partial charge in [-0.2, -0.15) is 20.2 Å². The number of hydrogen-bond donors (Lipinski definition) is 0. The smallest absolute Gasteiger partial charge is 0.321 e. The quantitative estimate of drug-likeness (QED) is 0.163. The predicted octanol–water partition coefficient (Wildman–Crippen LogP) is 7.07. The van der Waals surface area contributed by atoms with Crippen molar-refractivity contribution in [2.24, 2.45) is 31.8 Å². The van der Waals surface area contributed by atoms with Crippen molar-refractivity contribution in [3.8, 4) is 29.4 Å². The van der Waals surface area contributed by atoms with Crippen LogP contribution in [0.15, 0.2) is 53.4 Å². The minimum atomic E-state index is -0.469. The lowest BCUT2D eigenvalue weighted by Crippen LogP contribution is -2.42. The van der Waals surface area contributed by atoms with E-state index < -0.39 is 11.6 Å². The maximum atomic E-state index is 13.6. The van der Waals surface area contributed by atoms with Crippen molar-refractivity contribution < 1.29 is 23.0 Å². The summed E-state index contributed by atoms with van der Waals surface area (Å²) in [5.41, 5.74) is 1.05. The van der Waals surface area contributed by atoms with Crippen LogP contribution in [0.1, 0.15) is 18.7 Å². The van der Waals surface area contributed by atoms with Gasteiger partial charge in [0.15, 0.2) is 5.82 Å². The molecule has 3 aromatic heterocycles. The van der Waals surface area contributed by atoms with Crippen molar-refractivity contribution in [3.05, 3.63) is 80.9 Å². The molecule has 252 valence electrons. The standard InChI is InChI=1S/C22H24ClFN6O2.C9H6BrClFN3O/c1-29-22(32-18-6-15(23)5-16(24)7-18)26-20(28-29)9-19-13-3-4-14(19)12-30(11-13)17-8-21(31-2)27-25-10-17;1-15-9(13-8(10)14-15)16-7-3-5(11)2-6(12)4-7/h5-8,10,13-14,19H,3-4,9,11-12H2,1-2H3;2-4H,1H3/t13-,14+,19?;. The van der Waals surface area contributed by atoms with Crippen LogP contribution in [0.5, 0.6) is 29.4 Å². The number of ether oxygens (including phenoxy) is 3. The highest BCUT2D eigenvalue weighted by molar-refractivity contribution is 9.10. The Kier molecular flexibility index (Phi) is 10.3. The van der Waals surface area contributed by atoms with E-state index in [2.05, 4.69) is 51.2 Å². The molecule has 7 rings (SSSR count). The van der Waals surface area contributed by atoms with Gasteiger partial charge in [-0.1, -0.05) is 23.2 Å². The van der Waals surface area contributed by atoms with Crippen molar-refractivity contribution in [1.29, 1.82) is 0 Å². The van der Waals surface area contributed by atoms with Gasteiger partial charge in [-0.15, -0.1) is 10.2 Å². The molecule has 1 saturated heterocycles. The average molecular weight is 765 g/mol. The number of halogens is 5. The monoisotopic (exact) mass is 763 g/mol. The summed E-state index contributed by atoms with van der Waals surface area (Å²) in [6.07, 6.45) is 4.98.